The van der Waals surface area contributed by atoms with Gasteiger partial charge in [0.1, 0.15) is 19.3 Å². The highest BCUT2D eigenvalue weighted by Crippen LogP contribution is 2.06. The Morgan fingerprint density at radius 1 is 0.880 bits per heavy atom. The Morgan fingerprint density at radius 2 is 1.40 bits per heavy atom. The van der Waals surface area contributed by atoms with Gasteiger partial charge >= 0.3 is 12.1 Å². The minimum atomic E-state index is -0.758. The maximum Gasteiger partial charge on any atom is 0.408 e. The molecule has 132 valence electrons. The number of carbonyl (C=O) groups is 2. The van der Waals surface area contributed by atoms with Gasteiger partial charge in [0.2, 0.25) is 0 Å². The average molecular weight is 406 g/mol. The Labute approximate surface area is 155 Å². The molecule has 2 rings (SSSR count). The van der Waals surface area contributed by atoms with Gasteiger partial charge in [-0.2, -0.15) is 0 Å². The van der Waals surface area contributed by atoms with E-state index in [0.717, 1.165) is 11.1 Å². The summed E-state index contributed by atoms with van der Waals surface area (Å²) in [5.41, 5.74) is 1.77. The first-order valence-electron chi connectivity index (χ1n) is 7.93. The van der Waals surface area contributed by atoms with Crippen LogP contribution in [-0.2, 0) is 27.5 Å². The molecule has 1 atom stereocenters. The molecular weight excluding hydrogens is 386 g/mol. The molecule has 2 aromatic carbocycles. The molecule has 0 heterocycles. The zero-order valence-electron chi connectivity index (χ0n) is 13.7. The van der Waals surface area contributed by atoms with Crippen molar-refractivity contribution in [3.63, 3.8) is 0 Å². The highest BCUT2D eigenvalue weighted by molar-refractivity contribution is 9.09. The first-order valence-corrected chi connectivity index (χ1v) is 9.05. The van der Waals surface area contributed by atoms with E-state index in [-0.39, 0.29) is 13.2 Å². The van der Waals surface area contributed by atoms with Crippen LogP contribution in [0.3, 0.4) is 0 Å². The third kappa shape index (κ3) is 6.97. The largest absolute Gasteiger partial charge is 0.459 e. The van der Waals surface area contributed by atoms with Crippen LogP contribution in [0.2, 0.25) is 0 Å². The molecule has 1 amide bonds. The molecule has 0 saturated heterocycles. The van der Waals surface area contributed by atoms with Gasteiger partial charge in [-0.1, -0.05) is 76.6 Å². The molecule has 2 aromatic rings. The third-order valence-electron chi connectivity index (χ3n) is 3.41. The highest BCUT2D eigenvalue weighted by Gasteiger charge is 2.22. The maximum absolute atomic E-state index is 12.2. The lowest BCUT2D eigenvalue weighted by atomic mass is 10.2. The van der Waals surface area contributed by atoms with Crippen molar-refractivity contribution in [1.29, 1.82) is 0 Å². The number of benzene rings is 2. The summed E-state index contributed by atoms with van der Waals surface area (Å²) in [5.74, 6) is -0.486. The van der Waals surface area contributed by atoms with Crippen LogP contribution in [0, 0.1) is 0 Å². The van der Waals surface area contributed by atoms with Crippen molar-refractivity contribution in [3.8, 4) is 0 Å². The van der Waals surface area contributed by atoms with E-state index in [2.05, 4.69) is 21.2 Å². The fourth-order valence-corrected chi connectivity index (χ4v) is 2.55. The number of nitrogens with one attached hydrogen (secondary N) is 1. The molecule has 0 bridgehead atoms. The van der Waals surface area contributed by atoms with Gasteiger partial charge in [-0.3, -0.25) is 0 Å². The smallest absolute Gasteiger partial charge is 0.408 e. The van der Waals surface area contributed by atoms with Crippen LogP contribution in [-0.4, -0.2) is 23.4 Å². The number of esters is 1. The molecule has 25 heavy (non-hydrogen) atoms. The number of ether oxygens (including phenoxy) is 2. The Kier molecular flexibility index (Phi) is 7.98. The van der Waals surface area contributed by atoms with Gasteiger partial charge in [0.25, 0.3) is 0 Å². The second-order valence-corrected chi connectivity index (χ2v) is 6.12. The van der Waals surface area contributed by atoms with Crippen molar-refractivity contribution in [2.75, 3.05) is 5.33 Å². The molecule has 0 aliphatic carbocycles. The molecule has 5 nitrogen and oxygen atoms in total. The molecule has 0 fully saturated rings. The molecule has 0 spiro atoms. The van der Waals surface area contributed by atoms with Gasteiger partial charge in [0.15, 0.2) is 0 Å². The van der Waals surface area contributed by atoms with Gasteiger partial charge in [0, 0.05) is 5.33 Å². The summed E-state index contributed by atoms with van der Waals surface area (Å²) < 4.78 is 10.4. The number of carbonyl (C=O) groups excluding carboxylic acids is 2. The zero-order chi connectivity index (χ0) is 17.9. The van der Waals surface area contributed by atoms with Crippen molar-refractivity contribution in [3.05, 3.63) is 71.8 Å². The topological polar surface area (TPSA) is 64.6 Å². The van der Waals surface area contributed by atoms with Crippen LogP contribution < -0.4 is 5.32 Å². The lowest BCUT2D eigenvalue weighted by Crippen LogP contribution is -2.42. The monoisotopic (exact) mass is 405 g/mol. The third-order valence-corrected chi connectivity index (χ3v) is 3.87. The van der Waals surface area contributed by atoms with E-state index >= 15 is 0 Å². The summed E-state index contributed by atoms with van der Waals surface area (Å²) in [4.78, 5) is 24.1. The Bertz CT molecular complexity index is 664. The number of halogens is 1. The van der Waals surface area contributed by atoms with Gasteiger partial charge < -0.3 is 14.8 Å². The zero-order valence-corrected chi connectivity index (χ0v) is 15.3. The fourth-order valence-electron chi connectivity index (χ4n) is 2.09. The summed E-state index contributed by atoms with van der Waals surface area (Å²) in [5, 5.41) is 3.11. The first-order chi connectivity index (χ1) is 12.2. The van der Waals surface area contributed by atoms with Gasteiger partial charge in [-0.25, -0.2) is 9.59 Å². The van der Waals surface area contributed by atoms with E-state index in [4.69, 9.17) is 9.47 Å². The maximum atomic E-state index is 12.2. The van der Waals surface area contributed by atoms with Gasteiger partial charge in [-0.05, 0) is 17.5 Å². The van der Waals surface area contributed by atoms with E-state index in [1.54, 1.807) is 0 Å². The van der Waals surface area contributed by atoms with Crippen molar-refractivity contribution < 1.29 is 19.1 Å². The first kappa shape index (κ1) is 19.0. The normalized spacial score (nSPS) is 11.4. The lowest BCUT2D eigenvalue weighted by molar-refractivity contribution is -0.147. The van der Waals surface area contributed by atoms with E-state index < -0.39 is 18.1 Å². The SMILES string of the molecule is O=C(NC(CCBr)C(=O)OCc1ccccc1)OCc1ccccc1. The van der Waals surface area contributed by atoms with Crippen LogP contribution in [0.4, 0.5) is 4.79 Å². The summed E-state index contributed by atoms with van der Waals surface area (Å²) >= 11 is 3.28. The number of rotatable bonds is 8. The van der Waals surface area contributed by atoms with E-state index in [9.17, 15) is 9.59 Å². The molecule has 1 unspecified atom stereocenters. The Hall–Kier alpha value is -2.34. The van der Waals surface area contributed by atoms with Crippen molar-refractivity contribution in [2.45, 2.75) is 25.7 Å². The standard InChI is InChI=1S/C19H20BrNO4/c20-12-11-17(18(22)24-13-15-7-3-1-4-8-15)21-19(23)25-14-16-9-5-2-6-10-16/h1-10,17H,11-14H2,(H,21,23). The van der Waals surface area contributed by atoms with Crippen LogP contribution in [0.25, 0.3) is 0 Å². The molecule has 0 aliphatic heterocycles. The second-order valence-electron chi connectivity index (χ2n) is 5.33. The van der Waals surface area contributed by atoms with E-state index in [1.165, 1.54) is 0 Å². The van der Waals surface area contributed by atoms with Crippen LogP contribution in [0.15, 0.2) is 60.7 Å². The highest BCUT2D eigenvalue weighted by atomic mass is 79.9. The van der Waals surface area contributed by atoms with Crippen molar-refractivity contribution in [1.82, 2.24) is 5.32 Å². The van der Waals surface area contributed by atoms with Crippen LogP contribution in [0.1, 0.15) is 17.5 Å². The summed E-state index contributed by atoms with van der Waals surface area (Å²) in [6, 6.07) is 18.0. The minimum absolute atomic E-state index is 0.146. The summed E-state index contributed by atoms with van der Waals surface area (Å²) in [6.07, 6.45) is -0.236. The molecule has 0 aromatic heterocycles. The number of amides is 1. The molecule has 0 radical (unpaired) electrons. The molecule has 0 aliphatic rings. The van der Waals surface area contributed by atoms with Crippen molar-refractivity contribution >= 4 is 28.0 Å². The Balaban J connectivity index is 1.81. The Morgan fingerprint density at radius 3 is 1.92 bits per heavy atom. The lowest BCUT2D eigenvalue weighted by Gasteiger charge is -2.16. The minimum Gasteiger partial charge on any atom is -0.459 e. The van der Waals surface area contributed by atoms with E-state index in [0.29, 0.717) is 11.8 Å². The predicted octanol–water partition coefficient (Wildman–Crippen LogP) is 3.81. The molecule has 1 N–H and O–H groups in total. The molecule has 0 saturated carbocycles. The fraction of sp³-hybridized carbons (Fsp3) is 0.263. The second kappa shape index (κ2) is 10.5. The number of alkyl halides is 1. The van der Waals surface area contributed by atoms with Crippen LogP contribution in [0.5, 0.6) is 0 Å². The van der Waals surface area contributed by atoms with Gasteiger partial charge in [0.05, 0.1) is 0 Å². The van der Waals surface area contributed by atoms with Gasteiger partial charge in [-0.15, -0.1) is 0 Å². The number of alkyl carbamates (subject to hydrolysis) is 1. The van der Waals surface area contributed by atoms with Crippen molar-refractivity contribution in [2.24, 2.45) is 0 Å². The molecule has 6 heteroatoms. The summed E-state index contributed by atoms with van der Waals surface area (Å²) in [7, 11) is 0. The number of hydrogen-bond acceptors (Lipinski definition) is 4. The van der Waals surface area contributed by atoms with Crippen LogP contribution >= 0.6 is 15.9 Å². The predicted molar refractivity (Wildman–Crippen MR) is 98.2 cm³/mol. The average Bonchev–Trinajstić information content (AvgIpc) is 2.66. The number of hydrogen-bond donors (Lipinski definition) is 1. The quantitative estimate of drug-likeness (QED) is 0.535. The summed E-state index contributed by atoms with van der Waals surface area (Å²) in [6.45, 7) is 0.311. The van der Waals surface area contributed by atoms with E-state index in [1.807, 2.05) is 60.7 Å². The molecular formula is C19H20BrNO4.